The summed E-state index contributed by atoms with van der Waals surface area (Å²) in [5.74, 6) is 0. The minimum atomic E-state index is -3.05. The van der Waals surface area contributed by atoms with E-state index < -0.39 is 16.1 Å². The van der Waals surface area contributed by atoms with E-state index in [2.05, 4.69) is 541 Å². The number of hydrogen-bond donors (Lipinski definition) is 0. The Kier molecular flexibility index (Phi) is 21.9. The van der Waals surface area contributed by atoms with Crippen LogP contribution in [0.1, 0.15) is 116 Å². The molecule has 0 amide bonds. The van der Waals surface area contributed by atoms with Gasteiger partial charge in [0.25, 0.3) is 6.71 Å². The number of halogens is 1. The SMILES string of the molecule is Cc1cc2c(Cl)c(c1)N(c1ccccc1-c1ccc(C(C)(C)C)cc1)c1cccc(c1)[Si](c1ccccc1)(c1ccccc1)c1cccc(c1)N2c1ccccc1-c1ccc(C(C)(C)C)cc1.Cc1cc2c3c(c1)N(c1ccccc1-c1ccc(C(C)(C)C)cc1)c1cccc4c1B3c1c(cccc1[Si]4(c1ccccc1)c1ccccc1)N2c1ccccc1-c1ccc(C(C)(C)C)cc1. The molecule has 0 saturated carbocycles. The number of nitrogens with zero attached hydrogens (tertiary/aromatic N) is 4. The Morgan fingerprint density at radius 3 is 0.754 bits per heavy atom. The lowest BCUT2D eigenvalue weighted by atomic mass is 9.33. The summed E-state index contributed by atoms with van der Waals surface area (Å²) in [4.78, 5) is 10.1. The zero-order valence-electron chi connectivity index (χ0n) is 79.2. The second-order valence-electron chi connectivity index (χ2n) is 41.0. The molecule has 0 aromatic heterocycles. The average molecular weight is 1780 g/mol. The van der Waals surface area contributed by atoms with Gasteiger partial charge in [0, 0.05) is 56.4 Å². The maximum Gasteiger partial charge on any atom is 0.251 e. The largest absolute Gasteiger partial charge is 0.311 e. The monoisotopic (exact) mass is 1780 g/mol. The number of anilines is 12. The van der Waals surface area contributed by atoms with Gasteiger partial charge in [-0.05, 0) is 234 Å². The topological polar surface area (TPSA) is 13.0 Å². The van der Waals surface area contributed by atoms with Crippen LogP contribution in [0, 0.1) is 13.8 Å². The number of aryl methyl sites for hydroxylation is 2. The summed E-state index contributed by atoms with van der Waals surface area (Å²) >= 11 is 8.14. The van der Waals surface area contributed by atoms with Crippen LogP contribution in [-0.2, 0) is 21.7 Å². The van der Waals surface area contributed by atoms with Crippen molar-refractivity contribution in [1.82, 2.24) is 0 Å². The Morgan fingerprint density at radius 2 is 0.455 bits per heavy atom. The van der Waals surface area contributed by atoms with E-state index in [1.54, 1.807) is 0 Å². The van der Waals surface area contributed by atoms with E-state index in [-0.39, 0.29) is 28.4 Å². The van der Waals surface area contributed by atoms with Crippen molar-refractivity contribution in [3.63, 3.8) is 0 Å². The smallest absolute Gasteiger partial charge is 0.251 e. The van der Waals surface area contributed by atoms with Crippen LogP contribution in [-0.4, -0.2) is 22.9 Å². The predicted octanol–water partition coefficient (Wildman–Crippen LogP) is 26.9. The van der Waals surface area contributed by atoms with E-state index in [4.69, 9.17) is 11.6 Å². The van der Waals surface area contributed by atoms with Gasteiger partial charge in [-0.2, -0.15) is 0 Å². The first-order chi connectivity index (χ1) is 64.8. The third-order valence-electron chi connectivity index (χ3n) is 28.5. The molecule has 654 valence electrons. The Balaban J connectivity index is 0.000000161. The second kappa shape index (κ2) is 33.9. The van der Waals surface area contributed by atoms with Crippen LogP contribution in [0.25, 0.3) is 44.5 Å². The lowest BCUT2D eigenvalue weighted by Gasteiger charge is -2.51. The summed E-state index contributed by atoms with van der Waals surface area (Å²) in [5.41, 5.74) is 34.9. The first-order valence-electron chi connectivity index (χ1n) is 47.4. The van der Waals surface area contributed by atoms with E-state index in [0.717, 1.165) is 61.9 Å². The van der Waals surface area contributed by atoms with Gasteiger partial charge >= 0.3 is 0 Å². The Morgan fingerprint density at radius 1 is 0.209 bits per heavy atom. The summed E-state index contributed by atoms with van der Waals surface area (Å²) in [6.45, 7) is 31.9. The van der Waals surface area contributed by atoms with Crippen LogP contribution in [0.15, 0.2) is 425 Å². The minimum Gasteiger partial charge on any atom is -0.311 e. The third-order valence-corrected chi connectivity index (χ3v) is 38.5. The summed E-state index contributed by atoms with van der Waals surface area (Å²) < 4.78 is 0. The van der Waals surface area contributed by atoms with Gasteiger partial charge in [-0.3, -0.25) is 0 Å². The highest BCUT2D eigenvalue weighted by molar-refractivity contribution is 7.27. The lowest BCUT2D eigenvalue weighted by molar-refractivity contribution is 0.590. The van der Waals surface area contributed by atoms with E-state index in [0.29, 0.717) is 5.02 Å². The molecular weight excluding hydrogens is 1670 g/mol. The van der Waals surface area contributed by atoms with E-state index in [9.17, 15) is 0 Å². The van der Waals surface area contributed by atoms with Crippen molar-refractivity contribution >= 4 is 161 Å². The fourth-order valence-corrected chi connectivity index (χ4v) is 32.3. The van der Waals surface area contributed by atoms with Gasteiger partial charge in [-0.15, -0.1) is 0 Å². The van der Waals surface area contributed by atoms with Gasteiger partial charge in [0.05, 0.1) is 39.1 Å². The maximum atomic E-state index is 8.14. The van der Waals surface area contributed by atoms with Crippen molar-refractivity contribution in [1.29, 1.82) is 0 Å². The Bertz CT molecular complexity index is 7060. The molecule has 6 bridgehead atoms. The average Bonchev–Trinajstić information content (AvgIpc) is 0.659. The van der Waals surface area contributed by atoms with Crippen LogP contribution in [0.2, 0.25) is 5.02 Å². The lowest BCUT2D eigenvalue weighted by Crippen LogP contribution is -2.88. The summed E-state index contributed by atoms with van der Waals surface area (Å²) in [6, 6.07) is 161. The molecule has 0 atom stereocenters. The highest BCUT2D eigenvalue weighted by Gasteiger charge is 2.57. The number of fused-ring (bicyclic) bond motifs is 6. The van der Waals surface area contributed by atoms with Gasteiger partial charge in [0.1, 0.15) is 0 Å². The number of benzene rings is 18. The molecule has 0 saturated heterocycles. The van der Waals surface area contributed by atoms with Crippen molar-refractivity contribution in [2.75, 3.05) is 19.6 Å². The highest BCUT2D eigenvalue weighted by Crippen LogP contribution is 2.54. The predicted molar refractivity (Wildman–Crippen MR) is 582 cm³/mol. The Hall–Kier alpha value is -14.1. The molecule has 18 aromatic carbocycles. The molecule has 4 nitrogen and oxygen atoms in total. The Labute approximate surface area is 800 Å². The van der Waals surface area contributed by atoms with Gasteiger partial charge in [0.15, 0.2) is 16.1 Å². The van der Waals surface area contributed by atoms with Crippen molar-refractivity contribution in [3.05, 3.63) is 463 Å². The zero-order chi connectivity index (χ0) is 92.3. The molecule has 4 aliphatic rings. The fraction of sp³-hybridized carbons (Fsp3) is 0.143. The van der Waals surface area contributed by atoms with Crippen LogP contribution in [0.5, 0.6) is 0 Å². The molecule has 0 aliphatic carbocycles. The molecule has 18 aromatic rings. The first-order valence-corrected chi connectivity index (χ1v) is 51.8. The molecule has 0 radical (unpaired) electrons. The quantitative estimate of drug-likeness (QED) is 0.113. The number of para-hydroxylation sites is 4. The molecule has 4 heterocycles. The number of hydrogen-bond acceptors (Lipinski definition) is 4. The van der Waals surface area contributed by atoms with Gasteiger partial charge in [-0.25, -0.2) is 0 Å². The molecule has 134 heavy (non-hydrogen) atoms. The van der Waals surface area contributed by atoms with Crippen LogP contribution in [0.4, 0.5) is 68.2 Å². The van der Waals surface area contributed by atoms with Crippen molar-refractivity contribution < 1.29 is 0 Å². The van der Waals surface area contributed by atoms with Gasteiger partial charge in [-0.1, -0.05) is 434 Å². The molecule has 22 rings (SSSR count). The normalized spacial score (nSPS) is 13.8. The van der Waals surface area contributed by atoms with Crippen LogP contribution in [0.3, 0.4) is 0 Å². The summed E-state index contributed by atoms with van der Waals surface area (Å²) in [7, 11) is -6.04. The van der Waals surface area contributed by atoms with E-state index in [1.807, 2.05) is 0 Å². The zero-order valence-corrected chi connectivity index (χ0v) is 81.9. The molecule has 0 unspecified atom stereocenters. The molecule has 0 fully saturated rings. The van der Waals surface area contributed by atoms with Crippen LogP contribution >= 0.6 is 11.6 Å². The van der Waals surface area contributed by atoms with Crippen LogP contribution < -0.4 is 77.5 Å². The second-order valence-corrected chi connectivity index (χ2v) is 48.9. The molecule has 0 spiro atoms. The molecule has 0 N–H and O–H groups in total. The summed E-state index contributed by atoms with van der Waals surface area (Å²) in [6.07, 6.45) is 0. The highest BCUT2D eigenvalue weighted by atomic mass is 35.5. The first kappa shape index (κ1) is 86.7. The molecule has 8 heteroatoms. The van der Waals surface area contributed by atoms with E-state index in [1.165, 1.54) is 142 Å². The van der Waals surface area contributed by atoms with Gasteiger partial charge < -0.3 is 19.6 Å². The van der Waals surface area contributed by atoms with Crippen molar-refractivity contribution in [2.45, 2.75) is 119 Å². The van der Waals surface area contributed by atoms with Crippen molar-refractivity contribution in [3.8, 4) is 44.5 Å². The standard InChI is InChI=1S/C63H55BN2Si.C63H57ClN2Si/c1-42-40-55-59-56(41-42)66(52-27-17-15-25-50(52)44-34-38-46(39-35-44)63(5,6)7)54-29-19-31-58-61(54)64(59)60-53(65(55)51-26-16-14-24-49(51)43-32-36-45(37-33-43)62(2,3)4)28-18-30-57(60)67(58,47-20-10-8-11-21-47)48-22-12-9-13-23-48;1-44-40-59-61(64)60(41-44)66(58-31-17-15-29-56(58)46-34-38-48(39-35-46)63(5,6)7)50-21-19-27-54(43-50)67(51-22-10-8-11-23-51,52-24-12-9-13-25-52)53-26-18-20-49(42-53)65(59)57-30-16-14-28-55(57)45-32-36-47(37-33-45)62(2,3)4/h8-41H,1-7H3;8-43H,1-7H3. The summed E-state index contributed by atoms with van der Waals surface area (Å²) in [5, 5.41) is 11.6. The van der Waals surface area contributed by atoms with Crippen molar-refractivity contribution in [2.24, 2.45) is 0 Å². The maximum absolute atomic E-state index is 8.14. The minimum absolute atomic E-state index is 0.0278. The molecular formula is C126H112BClN4Si2. The van der Waals surface area contributed by atoms with Gasteiger partial charge in [0.2, 0.25) is 0 Å². The number of rotatable bonds is 12. The fourth-order valence-electron chi connectivity index (χ4n) is 22.0. The molecule has 4 aliphatic heterocycles. The van der Waals surface area contributed by atoms with E-state index >= 15 is 0 Å². The third kappa shape index (κ3) is 14.8.